The van der Waals surface area contributed by atoms with Crippen molar-refractivity contribution < 1.29 is 9.53 Å². The maximum atomic E-state index is 12.2. The van der Waals surface area contributed by atoms with E-state index < -0.39 is 0 Å². The molecular formula is C19H22ClNO2. The van der Waals surface area contributed by atoms with E-state index >= 15 is 0 Å². The number of rotatable bonds is 6. The van der Waals surface area contributed by atoms with Crippen molar-refractivity contribution in [3.8, 4) is 5.75 Å². The minimum atomic E-state index is 0.0105. The van der Waals surface area contributed by atoms with Crippen molar-refractivity contribution in [2.75, 3.05) is 12.4 Å². The summed E-state index contributed by atoms with van der Waals surface area (Å²) in [6.45, 7) is 3.98. The van der Waals surface area contributed by atoms with Gasteiger partial charge < -0.3 is 10.1 Å². The lowest BCUT2D eigenvalue weighted by Gasteiger charge is -2.13. The Kier molecular flexibility index (Phi) is 6.05. The van der Waals surface area contributed by atoms with Crippen LogP contribution in [0.25, 0.3) is 0 Å². The highest BCUT2D eigenvalue weighted by Gasteiger charge is 2.12. The molecule has 0 saturated carbocycles. The lowest BCUT2D eigenvalue weighted by Crippen LogP contribution is -2.17. The number of ether oxygens (including phenoxy) is 1. The zero-order valence-electron chi connectivity index (χ0n) is 13.7. The smallest absolute Gasteiger partial charge is 0.224 e. The van der Waals surface area contributed by atoms with Crippen LogP contribution in [0.3, 0.4) is 0 Å². The number of nitrogens with one attached hydrogen (secondary N) is 1. The van der Waals surface area contributed by atoms with Gasteiger partial charge in [0.05, 0.1) is 7.11 Å². The van der Waals surface area contributed by atoms with Crippen molar-refractivity contribution in [1.82, 2.24) is 0 Å². The Morgan fingerprint density at radius 1 is 1.22 bits per heavy atom. The van der Waals surface area contributed by atoms with Gasteiger partial charge in [-0.25, -0.2) is 0 Å². The van der Waals surface area contributed by atoms with Crippen LogP contribution in [0.1, 0.15) is 24.5 Å². The number of halogens is 1. The number of anilines is 1. The van der Waals surface area contributed by atoms with Gasteiger partial charge in [-0.3, -0.25) is 4.79 Å². The van der Waals surface area contributed by atoms with Gasteiger partial charge in [0, 0.05) is 17.1 Å². The van der Waals surface area contributed by atoms with Crippen LogP contribution in [0.2, 0.25) is 5.02 Å². The molecule has 1 unspecified atom stereocenters. The molecule has 0 heterocycles. The monoisotopic (exact) mass is 331 g/mol. The molecule has 1 atom stereocenters. The Morgan fingerprint density at radius 2 is 1.91 bits per heavy atom. The predicted molar refractivity (Wildman–Crippen MR) is 95.3 cm³/mol. The highest BCUT2D eigenvalue weighted by atomic mass is 35.5. The van der Waals surface area contributed by atoms with E-state index in [1.807, 2.05) is 49.4 Å². The van der Waals surface area contributed by atoms with Crippen molar-refractivity contribution in [1.29, 1.82) is 0 Å². The van der Waals surface area contributed by atoms with Crippen LogP contribution in [0.15, 0.2) is 42.5 Å². The van der Waals surface area contributed by atoms with E-state index in [2.05, 4.69) is 12.2 Å². The van der Waals surface area contributed by atoms with Gasteiger partial charge in [0.25, 0.3) is 0 Å². The number of carbonyl (C=O) groups excluding carboxylic acids is 1. The Morgan fingerprint density at radius 3 is 2.57 bits per heavy atom. The van der Waals surface area contributed by atoms with Gasteiger partial charge in [-0.2, -0.15) is 0 Å². The highest BCUT2D eigenvalue weighted by Crippen LogP contribution is 2.23. The summed E-state index contributed by atoms with van der Waals surface area (Å²) in [6.07, 6.45) is 1.32. The quantitative estimate of drug-likeness (QED) is 0.820. The summed E-state index contributed by atoms with van der Waals surface area (Å²) in [5.74, 6) is 1.11. The molecule has 122 valence electrons. The van der Waals surface area contributed by atoms with E-state index in [-0.39, 0.29) is 11.8 Å². The van der Waals surface area contributed by atoms with E-state index in [1.165, 1.54) is 5.56 Å². The van der Waals surface area contributed by atoms with E-state index in [0.717, 1.165) is 23.4 Å². The largest absolute Gasteiger partial charge is 0.497 e. The fourth-order valence-corrected chi connectivity index (χ4v) is 2.67. The third kappa shape index (κ3) is 5.00. The standard InChI is InChI=1S/C19H22ClNO2/c1-13(11-15-7-9-16(23-3)10-8-15)12-19(22)21-18-6-4-5-17(20)14(18)2/h4-10,13H,11-12H2,1-3H3,(H,21,22). The van der Waals surface area contributed by atoms with E-state index in [1.54, 1.807) is 7.11 Å². The molecule has 1 N–H and O–H groups in total. The van der Waals surface area contributed by atoms with Crippen molar-refractivity contribution >= 4 is 23.2 Å². The second-order valence-electron chi connectivity index (χ2n) is 5.82. The second kappa shape index (κ2) is 8.02. The zero-order valence-corrected chi connectivity index (χ0v) is 14.5. The molecule has 0 fully saturated rings. The summed E-state index contributed by atoms with van der Waals surface area (Å²) in [4.78, 5) is 12.2. The molecule has 2 rings (SSSR count). The molecule has 0 radical (unpaired) electrons. The molecule has 0 spiro atoms. The number of methoxy groups -OCH3 is 1. The summed E-state index contributed by atoms with van der Waals surface area (Å²) in [7, 11) is 1.65. The maximum Gasteiger partial charge on any atom is 0.224 e. The molecule has 4 heteroatoms. The van der Waals surface area contributed by atoms with Crippen LogP contribution >= 0.6 is 11.6 Å². The molecule has 2 aromatic carbocycles. The van der Waals surface area contributed by atoms with Crippen LogP contribution in [-0.4, -0.2) is 13.0 Å². The molecule has 0 saturated heterocycles. The first kappa shape index (κ1) is 17.4. The van der Waals surface area contributed by atoms with E-state index in [4.69, 9.17) is 16.3 Å². The Hall–Kier alpha value is -2.00. The molecular weight excluding hydrogens is 310 g/mol. The third-order valence-corrected chi connectivity index (χ3v) is 4.23. The first-order valence-corrected chi connectivity index (χ1v) is 8.05. The predicted octanol–water partition coefficient (Wildman–Crippen LogP) is 4.86. The lowest BCUT2D eigenvalue weighted by atomic mass is 9.97. The lowest BCUT2D eigenvalue weighted by molar-refractivity contribution is -0.116. The molecule has 0 aromatic heterocycles. The molecule has 2 aromatic rings. The van der Waals surface area contributed by atoms with Crippen LogP contribution in [0, 0.1) is 12.8 Å². The Bertz CT molecular complexity index is 668. The van der Waals surface area contributed by atoms with Gasteiger partial charge in [0.1, 0.15) is 5.75 Å². The zero-order chi connectivity index (χ0) is 16.8. The molecule has 1 amide bonds. The Labute approximate surface area is 142 Å². The Balaban J connectivity index is 1.90. The van der Waals surface area contributed by atoms with Crippen LogP contribution < -0.4 is 10.1 Å². The third-order valence-electron chi connectivity index (χ3n) is 3.82. The van der Waals surface area contributed by atoms with Gasteiger partial charge in [-0.15, -0.1) is 0 Å². The minimum Gasteiger partial charge on any atom is -0.497 e. The van der Waals surface area contributed by atoms with Crippen LogP contribution in [0.4, 0.5) is 5.69 Å². The van der Waals surface area contributed by atoms with Gasteiger partial charge >= 0.3 is 0 Å². The number of hydrogen-bond donors (Lipinski definition) is 1. The fraction of sp³-hybridized carbons (Fsp3) is 0.316. The molecule has 0 aliphatic rings. The first-order valence-electron chi connectivity index (χ1n) is 7.67. The normalized spacial score (nSPS) is 11.8. The van der Waals surface area contributed by atoms with Crippen molar-refractivity contribution in [3.05, 3.63) is 58.6 Å². The molecule has 23 heavy (non-hydrogen) atoms. The number of carbonyl (C=O) groups is 1. The second-order valence-corrected chi connectivity index (χ2v) is 6.23. The van der Waals surface area contributed by atoms with Gasteiger partial charge in [0.2, 0.25) is 5.91 Å². The molecule has 0 aliphatic carbocycles. The summed E-state index contributed by atoms with van der Waals surface area (Å²) in [6, 6.07) is 13.5. The minimum absolute atomic E-state index is 0.0105. The average Bonchev–Trinajstić information content (AvgIpc) is 2.52. The number of benzene rings is 2. The van der Waals surface area contributed by atoms with Gasteiger partial charge in [-0.1, -0.05) is 36.7 Å². The summed E-state index contributed by atoms with van der Waals surface area (Å²) in [5, 5.41) is 3.60. The fourth-order valence-electron chi connectivity index (χ4n) is 2.50. The van der Waals surface area contributed by atoms with Crippen LogP contribution in [0.5, 0.6) is 5.75 Å². The first-order chi connectivity index (χ1) is 11.0. The summed E-state index contributed by atoms with van der Waals surface area (Å²) < 4.78 is 5.15. The summed E-state index contributed by atoms with van der Waals surface area (Å²) in [5.41, 5.74) is 2.87. The number of hydrogen-bond acceptors (Lipinski definition) is 2. The topological polar surface area (TPSA) is 38.3 Å². The average molecular weight is 332 g/mol. The van der Waals surface area contributed by atoms with Crippen molar-refractivity contribution in [2.24, 2.45) is 5.92 Å². The van der Waals surface area contributed by atoms with Crippen molar-refractivity contribution in [3.63, 3.8) is 0 Å². The van der Waals surface area contributed by atoms with Gasteiger partial charge in [0.15, 0.2) is 0 Å². The van der Waals surface area contributed by atoms with E-state index in [0.29, 0.717) is 11.4 Å². The van der Waals surface area contributed by atoms with Crippen molar-refractivity contribution in [2.45, 2.75) is 26.7 Å². The van der Waals surface area contributed by atoms with Gasteiger partial charge in [-0.05, 0) is 54.7 Å². The maximum absolute atomic E-state index is 12.2. The SMILES string of the molecule is COc1ccc(CC(C)CC(=O)Nc2cccc(Cl)c2C)cc1. The van der Waals surface area contributed by atoms with Crippen LogP contribution in [-0.2, 0) is 11.2 Å². The molecule has 3 nitrogen and oxygen atoms in total. The summed E-state index contributed by atoms with van der Waals surface area (Å²) >= 11 is 6.07. The molecule has 0 aliphatic heterocycles. The molecule has 0 bridgehead atoms. The highest BCUT2D eigenvalue weighted by molar-refractivity contribution is 6.31. The number of amides is 1. The van der Waals surface area contributed by atoms with E-state index in [9.17, 15) is 4.79 Å².